The molecule has 0 atom stereocenters. The number of non-ortho nitro benzene ring substituents is 1. The van der Waals surface area contributed by atoms with Crippen LogP contribution in [0.2, 0.25) is 0 Å². The lowest BCUT2D eigenvalue weighted by atomic mass is 10.1. The minimum Gasteiger partial charge on any atom is -0.491 e. The van der Waals surface area contributed by atoms with Crippen molar-refractivity contribution in [3.63, 3.8) is 0 Å². The Kier molecular flexibility index (Phi) is 6.90. The second-order valence-corrected chi connectivity index (χ2v) is 4.11. The number of benzene rings is 1. The molecule has 0 unspecified atom stereocenters. The van der Waals surface area contributed by atoms with Crippen LogP contribution in [0.4, 0.5) is 5.69 Å². The molecule has 0 saturated carbocycles. The van der Waals surface area contributed by atoms with Gasteiger partial charge in [-0.25, -0.2) is 4.79 Å². The van der Waals surface area contributed by atoms with Gasteiger partial charge in [-0.2, -0.15) is 0 Å². The van der Waals surface area contributed by atoms with Crippen molar-refractivity contribution < 1.29 is 24.3 Å². The highest BCUT2D eigenvalue weighted by Crippen LogP contribution is 2.25. The lowest BCUT2D eigenvalue weighted by Gasteiger charge is -2.09. The molecule has 0 aromatic heterocycles. The van der Waals surface area contributed by atoms with Crippen molar-refractivity contribution in [1.29, 1.82) is 0 Å². The third-order valence-electron chi connectivity index (χ3n) is 2.44. The van der Waals surface area contributed by atoms with Crippen LogP contribution < -0.4 is 4.74 Å². The fraction of sp³-hybridized carbons (Fsp3) is 0.357. The second kappa shape index (κ2) is 8.70. The number of carbonyl (C=O) groups is 1. The number of rotatable bonds is 9. The maximum atomic E-state index is 10.7. The molecule has 114 valence electrons. The molecule has 7 nitrogen and oxygen atoms in total. The topological polar surface area (TPSA) is 98.9 Å². The van der Waals surface area contributed by atoms with Crippen molar-refractivity contribution >= 4 is 17.7 Å². The van der Waals surface area contributed by atoms with Gasteiger partial charge in [-0.3, -0.25) is 10.1 Å². The highest BCUT2D eigenvalue weighted by molar-refractivity contribution is 5.86. The van der Waals surface area contributed by atoms with Gasteiger partial charge in [-0.1, -0.05) is 6.92 Å². The lowest BCUT2D eigenvalue weighted by Crippen LogP contribution is -2.08. The number of carboxylic acid groups (broad SMARTS) is 1. The van der Waals surface area contributed by atoms with E-state index in [0.717, 1.165) is 12.5 Å². The Bertz CT molecular complexity index is 526. The molecule has 0 radical (unpaired) electrons. The molecule has 1 rings (SSSR count). The molecular formula is C14H17NO6. The maximum absolute atomic E-state index is 10.7. The van der Waals surface area contributed by atoms with E-state index in [2.05, 4.69) is 0 Å². The van der Waals surface area contributed by atoms with E-state index < -0.39 is 10.9 Å². The Morgan fingerprint density at radius 1 is 1.38 bits per heavy atom. The molecular weight excluding hydrogens is 278 g/mol. The van der Waals surface area contributed by atoms with E-state index in [-0.39, 0.29) is 12.3 Å². The lowest BCUT2D eigenvalue weighted by molar-refractivity contribution is -0.384. The van der Waals surface area contributed by atoms with Crippen LogP contribution in [-0.2, 0) is 9.53 Å². The first-order chi connectivity index (χ1) is 10.0. The first kappa shape index (κ1) is 16.6. The zero-order valence-electron chi connectivity index (χ0n) is 11.7. The number of nitrogens with zero attached hydrogens (tertiary/aromatic N) is 1. The van der Waals surface area contributed by atoms with E-state index >= 15 is 0 Å². The monoisotopic (exact) mass is 295 g/mol. The zero-order valence-corrected chi connectivity index (χ0v) is 11.7. The predicted molar refractivity (Wildman–Crippen MR) is 76.4 cm³/mol. The number of hydrogen-bond donors (Lipinski definition) is 1. The minimum absolute atomic E-state index is 0.130. The number of nitro groups is 1. The molecule has 1 aromatic rings. The van der Waals surface area contributed by atoms with Crippen molar-refractivity contribution in [3.05, 3.63) is 40.0 Å². The van der Waals surface area contributed by atoms with Crippen LogP contribution in [0.25, 0.3) is 6.08 Å². The molecule has 0 bridgehead atoms. The highest BCUT2D eigenvalue weighted by Gasteiger charge is 2.10. The van der Waals surface area contributed by atoms with E-state index in [0.29, 0.717) is 24.5 Å². The number of ether oxygens (including phenoxy) is 2. The quantitative estimate of drug-likeness (QED) is 0.325. The summed E-state index contributed by atoms with van der Waals surface area (Å²) in [6, 6.07) is 4.02. The summed E-state index contributed by atoms with van der Waals surface area (Å²) >= 11 is 0. The maximum Gasteiger partial charge on any atom is 0.328 e. The van der Waals surface area contributed by atoms with Crippen molar-refractivity contribution in [3.8, 4) is 5.75 Å². The second-order valence-electron chi connectivity index (χ2n) is 4.11. The summed E-state index contributed by atoms with van der Waals surface area (Å²) < 4.78 is 10.7. The molecule has 7 heteroatoms. The van der Waals surface area contributed by atoms with Crippen LogP contribution in [0.1, 0.15) is 18.9 Å². The standard InChI is InChI=1S/C14H17NO6/c1-2-7-20-8-9-21-13-5-4-12(15(18)19)10-11(13)3-6-14(16)17/h3-6,10H,2,7-9H2,1H3,(H,16,17)/b6-3+. The number of nitro benzene ring substituents is 1. The fourth-order valence-electron chi connectivity index (χ4n) is 1.53. The van der Waals surface area contributed by atoms with Gasteiger partial charge in [0.15, 0.2) is 0 Å². The Morgan fingerprint density at radius 2 is 2.14 bits per heavy atom. The van der Waals surface area contributed by atoms with E-state index in [1.807, 2.05) is 6.92 Å². The van der Waals surface area contributed by atoms with Crippen molar-refractivity contribution in [2.45, 2.75) is 13.3 Å². The highest BCUT2D eigenvalue weighted by atomic mass is 16.6. The molecule has 0 amide bonds. The first-order valence-corrected chi connectivity index (χ1v) is 6.44. The third kappa shape index (κ3) is 6.05. The average molecular weight is 295 g/mol. The van der Waals surface area contributed by atoms with Gasteiger partial charge in [0.25, 0.3) is 5.69 Å². The van der Waals surface area contributed by atoms with Gasteiger partial charge in [0.2, 0.25) is 0 Å². The van der Waals surface area contributed by atoms with Crippen LogP contribution in [0.3, 0.4) is 0 Å². The molecule has 0 aliphatic rings. The van der Waals surface area contributed by atoms with Crippen LogP contribution in [-0.4, -0.2) is 35.8 Å². The van der Waals surface area contributed by atoms with Gasteiger partial charge in [0.05, 0.1) is 11.5 Å². The van der Waals surface area contributed by atoms with E-state index in [1.165, 1.54) is 24.3 Å². The van der Waals surface area contributed by atoms with Crippen LogP contribution in [0, 0.1) is 10.1 Å². The van der Waals surface area contributed by atoms with Gasteiger partial charge < -0.3 is 14.6 Å². The SMILES string of the molecule is CCCOCCOc1ccc([N+](=O)[O-])cc1/C=C/C(=O)O. The van der Waals surface area contributed by atoms with Crippen LogP contribution in [0.15, 0.2) is 24.3 Å². The summed E-state index contributed by atoms with van der Waals surface area (Å²) in [5.41, 5.74) is 0.205. The summed E-state index contributed by atoms with van der Waals surface area (Å²) in [5.74, 6) is -0.767. The Morgan fingerprint density at radius 3 is 2.76 bits per heavy atom. The van der Waals surface area contributed by atoms with Crippen LogP contribution >= 0.6 is 0 Å². The van der Waals surface area contributed by atoms with Gasteiger partial charge >= 0.3 is 5.97 Å². The van der Waals surface area contributed by atoms with Crippen LogP contribution in [0.5, 0.6) is 5.75 Å². The van der Waals surface area contributed by atoms with E-state index in [9.17, 15) is 14.9 Å². The molecule has 0 saturated heterocycles. The summed E-state index contributed by atoms with van der Waals surface area (Å²) in [5, 5.41) is 19.4. The number of carboxylic acids is 1. The number of aliphatic carboxylic acids is 1. The number of hydrogen-bond acceptors (Lipinski definition) is 5. The van der Waals surface area contributed by atoms with Crippen molar-refractivity contribution in [2.24, 2.45) is 0 Å². The molecule has 0 spiro atoms. The van der Waals surface area contributed by atoms with Gasteiger partial charge in [0.1, 0.15) is 12.4 Å². The van der Waals surface area contributed by atoms with Gasteiger partial charge in [0, 0.05) is 30.4 Å². The summed E-state index contributed by atoms with van der Waals surface area (Å²) in [6.07, 6.45) is 3.07. The third-order valence-corrected chi connectivity index (χ3v) is 2.44. The largest absolute Gasteiger partial charge is 0.491 e. The van der Waals surface area contributed by atoms with Gasteiger partial charge in [-0.15, -0.1) is 0 Å². The van der Waals surface area contributed by atoms with E-state index in [1.54, 1.807) is 0 Å². The molecule has 0 fully saturated rings. The summed E-state index contributed by atoms with van der Waals surface area (Å²) in [4.78, 5) is 20.7. The first-order valence-electron chi connectivity index (χ1n) is 6.44. The summed E-state index contributed by atoms with van der Waals surface area (Å²) in [6.45, 7) is 3.31. The minimum atomic E-state index is -1.14. The van der Waals surface area contributed by atoms with Crippen molar-refractivity contribution in [2.75, 3.05) is 19.8 Å². The molecule has 0 aliphatic heterocycles. The zero-order chi connectivity index (χ0) is 15.7. The summed E-state index contributed by atoms with van der Waals surface area (Å²) in [7, 11) is 0. The Balaban J connectivity index is 2.80. The average Bonchev–Trinajstić information content (AvgIpc) is 2.45. The van der Waals surface area contributed by atoms with Gasteiger partial charge in [-0.05, 0) is 18.6 Å². The fourth-order valence-corrected chi connectivity index (χ4v) is 1.53. The predicted octanol–water partition coefficient (Wildman–Crippen LogP) is 2.50. The smallest absolute Gasteiger partial charge is 0.328 e. The Hall–Kier alpha value is -2.41. The molecule has 0 aliphatic carbocycles. The molecule has 1 aromatic carbocycles. The Labute approximate surface area is 121 Å². The van der Waals surface area contributed by atoms with Crippen molar-refractivity contribution in [1.82, 2.24) is 0 Å². The normalized spacial score (nSPS) is 10.7. The molecule has 21 heavy (non-hydrogen) atoms. The molecule has 1 N–H and O–H groups in total. The molecule has 0 heterocycles. The van der Waals surface area contributed by atoms with E-state index in [4.69, 9.17) is 14.6 Å².